The van der Waals surface area contributed by atoms with Gasteiger partial charge in [-0.1, -0.05) is 18.2 Å². The molecular weight excluding hydrogens is 328 g/mol. The number of nitriles is 1. The van der Waals surface area contributed by atoms with Crippen LogP contribution in [-0.4, -0.2) is 26.6 Å². The van der Waals surface area contributed by atoms with Gasteiger partial charge in [0.25, 0.3) is 0 Å². The van der Waals surface area contributed by atoms with E-state index in [0.717, 1.165) is 56.2 Å². The number of rotatable bonds is 5. The first-order chi connectivity index (χ1) is 12.8. The zero-order valence-electron chi connectivity index (χ0n) is 14.7. The first kappa shape index (κ1) is 16.9. The van der Waals surface area contributed by atoms with E-state index in [9.17, 15) is 0 Å². The van der Waals surface area contributed by atoms with Gasteiger partial charge in [0.2, 0.25) is 6.79 Å². The molecule has 0 amide bonds. The number of nitrogens with zero attached hydrogens (tertiary/aromatic N) is 1. The Hall–Kier alpha value is -2.55. The molecule has 1 N–H and O–H groups in total. The lowest BCUT2D eigenvalue weighted by molar-refractivity contribution is 0.0497. The van der Waals surface area contributed by atoms with E-state index >= 15 is 0 Å². The van der Waals surface area contributed by atoms with Gasteiger partial charge < -0.3 is 19.5 Å². The van der Waals surface area contributed by atoms with E-state index in [0.29, 0.717) is 12.4 Å². The Balaban J connectivity index is 1.50. The number of ether oxygens (including phenoxy) is 3. The third-order valence-corrected chi connectivity index (χ3v) is 5.28. The second-order valence-electron chi connectivity index (χ2n) is 6.88. The molecule has 2 aromatic carbocycles. The van der Waals surface area contributed by atoms with E-state index in [1.807, 2.05) is 30.3 Å². The van der Waals surface area contributed by atoms with Crippen molar-refractivity contribution < 1.29 is 14.2 Å². The van der Waals surface area contributed by atoms with Crippen LogP contribution in [0.3, 0.4) is 0 Å². The van der Waals surface area contributed by atoms with Gasteiger partial charge >= 0.3 is 0 Å². The lowest BCUT2D eigenvalue weighted by Gasteiger charge is -2.38. The summed E-state index contributed by atoms with van der Waals surface area (Å²) in [6.07, 6.45) is 1.94. The Kier molecular flexibility index (Phi) is 4.79. The fourth-order valence-electron chi connectivity index (χ4n) is 3.75. The molecule has 0 aromatic heterocycles. The van der Waals surface area contributed by atoms with E-state index in [1.165, 1.54) is 5.56 Å². The van der Waals surface area contributed by atoms with Crippen LogP contribution < -0.4 is 14.8 Å². The van der Waals surface area contributed by atoms with Crippen molar-refractivity contribution in [1.82, 2.24) is 5.32 Å². The number of hydrogen-bond acceptors (Lipinski definition) is 5. The first-order valence-electron chi connectivity index (χ1n) is 8.97. The molecule has 5 heteroatoms. The Morgan fingerprint density at radius 1 is 1.04 bits per heavy atom. The number of hydrogen-bond donors (Lipinski definition) is 1. The molecule has 2 aliphatic heterocycles. The van der Waals surface area contributed by atoms with Crippen LogP contribution in [0.4, 0.5) is 0 Å². The smallest absolute Gasteiger partial charge is 0.231 e. The number of nitrogens with one attached hydrogen (secondary N) is 1. The van der Waals surface area contributed by atoms with Crippen LogP contribution in [0, 0.1) is 11.3 Å². The summed E-state index contributed by atoms with van der Waals surface area (Å²) >= 11 is 0. The summed E-state index contributed by atoms with van der Waals surface area (Å²) in [5, 5.41) is 12.6. The highest BCUT2D eigenvalue weighted by molar-refractivity contribution is 5.47. The van der Waals surface area contributed by atoms with Crippen LogP contribution in [0.1, 0.15) is 29.5 Å². The van der Waals surface area contributed by atoms with Crippen LogP contribution >= 0.6 is 0 Å². The van der Waals surface area contributed by atoms with Crippen LogP contribution in [0.25, 0.3) is 0 Å². The summed E-state index contributed by atoms with van der Waals surface area (Å²) in [6.45, 7) is 3.41. The SMILES string of the molecule is N#Cc1cccc(CNCC2(c3ccc4c(c3)OCO4)CCOCC2)c1. The molecule has 5 nitrogen and oxygen atoms in total. The molecular formula is C21H22N2O3. The summed E-state index contributed by atoms with van der Waals surface area (Å²) in [5.41, 5.74) is 3.10. The summed E-state index contributed by atoms with van der Waals surface area (Å²) in [5.74, 6) is 1.65. The molecule has 26 heavy (non-hydrogen) atoms. The van der Waals surface area contributed by atoms with Gasteiger partial charge in [0, 0.05) is 31.7 Å². The Labute approximate surface area is 153 Å². The van der Waals surface area contributed by atoms with Crippen molar-refractivity contribution in [3.8, 4) is 17.6 Å². The van der Waals surface area contributed by atoms with E-state index in [1.54, 1.807) is 0 Å². The molecule has 2 aromatic rings. The minimum absolute atomic E-state index is 0.0199. The van der Waals surface area contributed by atoms with Crippen molar-refractivity contribution >= 4 is 0 Å². The lowest BCUT2D eigenvalue weighted by Crippen LogP contribution is -2.42. The first-order valence-corrected chi connectivity index (χ1v) is 8.97. The quantitative estimate of drug-likeness (QED) is 0.898. The third-order valence-electron chi connectivity index (χ3n) is 5.28. The van der Waals surface area contributed by atoms with Gasteiger partial charge in [-0.25, -0.2) is 0 Å². The van der Waals surface area contributed by atoms with Crippen LogP contribution in [0.15, 0.2) is 42.5 Å². The van der Waals surface area contributed by atoms with Crippen molar-refractivity contribution in [3.63, 3.8) is 0 Å². The molecule has 0 bridgehead atoms. The average molecular weight is 350 g/mol. The topological polar surface area (TPSA) is 63.5 Å². The van der Waals surface area contributed by atoms with E-state index in [-0.39, 0.29) is 5.41 Å². The van der Waals surface area contributed by atoms with E-state index in [2.05, 4.69) is 23.5 Å². The fraction of sp³-hybridized carbons (Fsp3) is 0.381. The molecule has 1 fully saturated rings. The highest BCUT2D eigenvalue weighted by atomic mass is 16.7. The van der Waals surface area contributed by atoms with Gasteiger partial charge in [-0.05, 0) is 48.2 Å². The molecule has 0 atom stereocenters. The van der Waals surface area contributed by atoms with Crippen molar-refractivity contribution in [2.75, 3.05) is 26.6 Å². The second kappa shape index (κ2) is 7.36. The minimum Gasteiger partial charge on any atom is -0.454 e. The van der Waals surface area contributed by atoms with E-state index in [4.69, 9.17) is 19.5 Å². The Morgan fingerprint density at radius 3 is 2.73 bits per heavy atom. The summed E-state index contributed by atoms with van der Waals surface area (Å²) in [4.78, 5) is 0. The Morgan fingerprint density at radius 2 is 1.88 bits per heavy atom. The van der Waals surface area contributed by atoms with Gasteiger partial charge in [-0.3, -0.25) is 0 Å². The van der Waals surface area contributed by atoms with Gasteiger partial charge in [0.15, 0.2) is 11.5 Å². The van der Waals surface area contributed by atoms with Crippen molar-refractivity contribution in [1.29, 1.82) is 5.26 Å². The largest absolute Gasteiger partial charge is 0.454 e. The maximum Gasteiger partial charge on any atom is 0.231 e. The summed E-state index contributed by atoms with van der Waals surface area (Å²) in [6, 6.07) is 16.2. The molecule has 0 spiro atoms. The molecule has 2 aliphatic rings. The highest BCUT2D eigenvalue weighted by Crippen LogP contribution is 2.40. The molecule has 1 saturated heterocycles. The van der Waals surface area contributed by atoms with Crippen molar-refractivity contribution in [2.45, 2.75) is 24.8 Å². The van der Waals surface area contributed by atoms with Crippen LogP contribution in [-0.2, 0) is 16.7 Å². The fourth-order valence-corrected chi connectivity index (χ4v) is 3.75. The second-order valence-corrected chi connectivity index (χ2v) is 6.88. The van der Waals surface area contributed by atoms with Gasteiger partial charge in [-0.2, -0.15) is 5.26 Å². The zero-order valence-corrected chi connectivity index (χ0v) is 14.7. The predicted molar refractivity (Wildman–Crippen MR) is 97.2 cm³/mol. The van der Waals surface area contributed by atoms with Crippen molar-refractivity contribution in [3.05, 3.63) is 59.2 Å². The highest BCUT2D eigenvalue weighted by Gasteiger charge is 2.35. The Bertz CT molecular complexity index is 822. The minimum atomic E-state index is 0.0199. The van der Waals surface area contributed by atoms with Crippen LogP contribution in [0.5, 0.6) is 11.5 Å². The maximum atomic E-state index is 9.05. The molecule has 0 saturated carbocycles. The molecule has 0 radical (unpaired) electrons. The van der Waals surface area contributed by atoms with Crippen molar-refractivity contribution in [2.24, 2.45) is 0 Å². The summed E-state index contributed by atoms with van der Waals surface area (Å²) < 4.78 is 16.6. The molecule has 0 aliphatic carbocycles. The van der Waals surface area contributed by atoms with Crippen LogP contribution in [0.2, 0.25) is 0 Å². The molecule has 2 heterocycles. The molecule has 134 valence electrons. The van der Waals surface area contributed by atoms with Gasteiger partial charge in [-0.15, -0.1) is 0 Å². The monoisotopic (exact) mass is 350 g/mol. The van der Waals surface area contributed by atoms with Gasteiger partial charge in [0.05, 0.1) is 11.6 Å². The third kappa shape index (κ3) is 3.39. The number of benzene rings is 2. The number of fused-ring (bicyclic) bond motifs is 1. The maximum absolute atomic E-state index is 9.05. The van der Waals surface area contributed by atoms with Gasteiger partial charge in [0.1, 0.15) is 0 Å². The average Bonchev–Trinajstić information content (AvgIpc) is 3.17. The predicted octanol–water partition coefficient (Wildman–Crippen LogP) is 3.12. The lowest BCUT2D eigenvalue weighted by atomic mass is 9.74. The zero-order chi connectivity index (χ0) is 17.8. The normalized spacial score (nSPS) is 17.7. The standard InChI is InChI=1S/C21H22N2O3/c22-12-16-2-1-3-17(10-16)13-23-14-21(6-8-24-9-7-21)18-4-5-19-20(11-18)26-15-25-19/h1-5,10-11,23H,6-9,13-15H2. The molecule has 4 rings (SSSR count). The summed E-state index contributed by atoms with van der Waals surface area (Å²) in [7, 11) is 0. The molecule has 0 unspecified atom stereocenters. The van der Waals surface area contributed by atoms with E-state index < -0.39 is 0 Å².